The number of thiazole rings is 1. The lowest BCUT2D eigenvalue weighted by Crippen LogP contribution is -2.43. The molecule has 2 heterocycles. The summed E-state index contributed by atoms with van der Waals surface area (Å²) in [5.41, 5.74) is 1.03. The van der Waals surface area contributed by atoms with Crippen molar-refractivity contribution in [2.24, 2.45) is 0 Å². The average Bonchev–Trinajstić information content (AvgIpc) is 3.25. The van der Waals surface area contributed by atoms with E-state index in [1.165, 1.54) is 11.3 Å². The van der Waals surface area contributed by atoms with Gasteiger partial charge in [-0.3, -0.25) is 9.59 Å². The number of carbonyl (C=O) groups is 2. The lowest BCUT2D eigenvalue weighted by atomic mass is 10.3. The van der Waals surface area contributed by atoms with E-state index in [9.17, 15) is 9.59 Å². The summed E-state index contributed by atoms with van der Waals surface area (Å²) >= 11 is 13.3. The minimum atomic E-state index is -0.245. The normalized spacial score (nSPS) is 13.8. The highest BCUT2D eigenvalue weighted by atomic mass is 35.5. The molecule has 0 aliphatic carbocycles. The van der Waals surface area contributed by atoms with E-state index in [1.54, 1.807) is 40.5 Å². The van der Waals surface area contributed by atoms with Crippen molar-refractivity contribution in [2.45, 2.75) is 6.42 Å². The van der Waals surface area contributed by atoms with Crippen LogP contribution in [0.3, 0.4) is 0 Å². The maximum Gasteiger partial charge on any atom is 0.273 e. The zero-order chi connectivity index (χ0) is 22.2. The van der Waals surface area contributed by atoms with E-state index in [2.05, 4.69) is 10.3 Å². The van der Waals surface area contributed by atoms with Crippen LogP contribution >= 0.6 is 34.5 Å². The van der Waals surface area contributed by atoms with Gasteiger partial charge in [0.2, 0.25) is 5.91 Å². The molecule has 1 N–H and O–H groups in total. The summed E-state index contributed by atoms with van der Waals surface area (Å²) < 4.78 is 10.4. The van der Waals surface area contributed by atoms with Crippen LogP contribution in [0.25, 0.3) is 0 Å². The van der Waals surface area contributed by atoms with Crippen molar-refractivity contribution in [3.8, 4) is 0 Å². The summed E-state index contributed by atoms with van der Waals surface area (Å²) in [4.78, 5) is 33.2. The molecule has 0 spiro atoms. The van der Waals surface area contributed by atoms with E-state index in [-0.39, 0.29) is 18.2 Å². The average molecular weight is 487 g/mol. The standard InChI is InChI=1S/C20H24Cl2N4O4S/c1-29-9-6-26(5-4-18(27)25-7-10-30-11-8-25)19(28)17-13-31-20(24-17)23-14-2-3-15(21)16(22)12-14/h2-3,12-13H,4-11H2,1H3,(H,23,24). The molecule has 2 amide bonds. The van der Waals surface area contributed by atoms with Crippen molar-refractivity contribution in [3.63, 3.8) is 0 Å². The second-order valence-electron chi connectivity index (χ2n) is 6.82. The number of benzene rings is 1. The Morgan fingerprint density at radius 2 is 2.03 bits per heavy atom. The van der Waals surface area contributed by atoms with E-state index in [1.807, 2.05) is 0 Å². The van der Waals surface area contributed by atoms with Gasteiger partial charge in [0.1, 0.15) is 5.69 Å². The molecule has 0 radical (unpaired) electrons. The van der Waals surface area contributed by atoms with Crippen molar-refractivity contribution < 1.29 is 19.1 Å². The largest absolute Gasteiger partial charge is 0.383 e. The Morgan fingerprint density at radius 3 is 2.74 bits per heavy atom. The fourth-order valence-electron chi connectivity index (χ4n) is 3.01. The molecule has 0 unspecified atom stereocenters. The van der Waals surface area contributed by atoms with Crippen molar-refractivity contribution in [1.29, 1.82) is 0 Å². The van der Waals surface area contributed by atoms with Crippen LogP contribution in [0.15, 0.2) is 23.6 Å². The Balaban J connectivity index is 1.62. The number of ether oxygens (including phenoxy) is 2. The SMILES string of the molecule is COCCN(CCC(=O)N1CCOCC1)C(=O)c1csc(Nc2ccc(Cl)c(Cl)c2)n1. The monoisotopic (exact) mass is 486 g/mol. The van der Waals surface area contributed by atoms with Crippen LogP contribution < -0.4 is 5.32 Å². The number of anilines is 2. The summed E-state index contributed by atoms with van der Waals surface area (Å²) in [6.45, 7) is 3.30. The van der Waals surface area contributed by atoms with Gasteiger partial charge in [0.05, 0.1) is 29.9 Å². The molecule has 1 aromatic carbocycles. The lowest BCUT2D eigenvalue weighted by molar-refractivity contribution is -0.135. The van der Waals surface area contributed by atoms with Crippen LogP contribution in [0.5, 0.6) is 0 Å². The van der Waals surface area contributed by atoms with Crippen LogP contribution in [0.2, 0.25) is 10.0 Å². The highest BCUT2D eigenvalue weighted by Gasteiger charge is 2.22. The maximum absolute atomic E-state index is 13.0. The van der Waals surface area contributed by atoms with E-state index in [4.69, 9.17) is 32.7 Å². The highest BCUT2D eigenvalue weighted by molar-refractivity contribution is 7.14. The van der Waals surface area contributed by atoms with Crippen molar-refractivity contribution in [1.82, 2.24) is 14.8 Å². The summed E-state index contributed by atoms with van der Waals surface area (Å²) in [5, 5.41) is 6.25. The quantitative estimate of drug-likeness (QED) is 0.583. The van der Waals surface area contributed by atoms with E-state index < -0.39 is 0 Å². The molecule has 1 saturated heterocycles. The minimum absolute atomic E-state index is 0.0127. The second kappa shape index (κ2) is 11.6. The fraction of sp³-hybridized carbons (Fsp3) is 0.450. The van der Waals surface area contributed by atoms with Crippen LogP contribution in [-0.2, 0) is 14.3 Å². The van der Waals surface area contributed by atoms with Gasteiger partial charge in [0.25, 0.3) is 5.91 Å². The molecule has 168 valence electrons. The molecule has 1 aliphatic heterocycles. The van der Waals surface area contributed by atoms with Crippen LogP contribution in [0.4, 0.5) is 10.8 Å². The Hall–Kier alpha value is -1.91. The number of amides is 2. The minimum Gasteiger partial charge on any atom is -0.383 e. The third kappa shape index (κ3) is 6.78. The second-order valence-corrected chi connectivity index (χ2v) is 8.49. The molecule has 1 fully saturated rings. The summed E-state index contributed by atoms with van der Waals surface area (Å²) in [5.74, 6) is -0.232. The van der Waals surface area contributed by atoms with Gasteiger partial charge in [-0.2, -0.15) is 0 Å². The third-order valence-corrected chi connectivity index (χ3v) is 6.20. The molecule has 8 nitrogen and oxygen atoms in total. The summed E-state index contributed by atoms with van der Waals surface area (Å²) in [7, 11) is 1.57. The van der Waals surface area contributed by atoms with Gasteiger partial charge < -0.3 is 24.6 Å². The molecule has 0 saturated carbocycles. The van der Waals surface area contributed by atoms with Crippen LogP contribution in [-0.4, -0.2) is 79.7 Å². The molecule has 2 aromatic rings. The summed E-state index contributed by atoms with van der Waals surface area (Å²) in [6, 6.07) is 5.15. The first-order chi connectivity index (χ1) is 15.0. The smallest absolute Gasteiger partial charge is 0.273 e. The lowest BCUT2D eigenvalue weighted by Gasteiger charge is -2.28. The number of carbonyl (C=O) groups excluding carboxylic acids is 2. The van der Waals surface area contributed by atoms with Crippen LogP contribution in [0.1, 0.15) is 16.9 Å². The molecular weight excluding hydrogens is 463 g/mol. The molecule has 0 bridgehead atoms. The predicted octanol–water partition coefficient (Wildman–Crippen LogP) is 3.53. The Kier molecular flexibility index (Phi) is 8.91. The highest BCUT2D eigenvalue weighted by Crippen LogP contribution is 2.28. The molecular formula is C20H24Cl2N4O4S. The van der Waals surface area contributed by atoms with Crippen molar-refractivity contribution in [3.05, 3.63) is 39.3 Å². The van der Waals surface area contributed by atoms with E-state index >= 15 is 0 Å². The first-order valence-electron chi connectivity index (χ1n) is 9.79. The topological polar surface area (TPSA) is 84.0 Å². The number of morpholine rings is 1. The molecule has 1 aliphatic rings. The van der Waals surface area contributed by atoms with Gasteiger partial charge in [0.15, 0.2) is 5.13 Å². The first kappa shape index (κ1) is 23.7. The molecule has 1 aromatic heterocycles. The van der Waals surface area contributed by atoms with E-state index in [0.717, 1.165) is 5.69 Å². The number of aromatic nitrogens is 1. The van der Waals surface area contributed by atoms with Gasteiger partial charge in [-0.1, -0.05) is 23.2 Å². The van der Waals surface area contributed by atoms with Gasteiger partial charge in [-0.15, -0.1) is 11.3 Å². The molecule has 0 atom stereocenters. The number of hydrogen-bond acceptors (Lipinski definition) is 7. The number of hydrogen-bond donors (Lipinski definition) is 1. The van der Waals surface area contributed by atoms with Gasteiger partial charge in [0, 0.05) is 50.8 Å². The Labute approximate surface area is 195 Å². The first-order valence-corrected chi connectivity index (χ1v) is 11.4. The van der Waals surface area contributed by atoms with Crippen LogP contribution in [0, 0.1) is 0 Å². The Morgan fingerprint density at radius 1 is 1.26 bits per heavy atom. The summed E-state index contributed by atoms with van der Waals surface area (Å²) in [6.07, 6.45) is 0.244. The van der Waals surface area contributed by atoms with Crippen molar-refractivity contribution in [2.75, 3.05) is 58.4 Å². The van der Waals surface area contributed by atoms with Gasteiger partial charge >= 0.3 is 0 Å². The number of halogens is 2. The number of rotatable bonds is 9. The fourth-order valence-corrected chi connectivity index (χ4v) is 4.01. The van der Waals surface area contributed by atoms with Gasteiger partial charge in [-0.25, -0.2) is 4.98 Å². The number of methoxy groups -OCH3 is 1. The molecule has 11 heteroatoms. The third-order valence-electron chi connectivity index (χ3n) is 4.71. The van der Waals surface area contributed by atoms with Crippen molar-refractivity contribution >= 4 is 57.2 Å². The molecule has 3 rings (SSSR count). The number of nitrogens with one attached hydrogen (secondary N) is 1. The Bertz CT molecular complexity index is 905. The van der Waals surface area contributed by atoms with Gasteiger partial charge in [-0.05, 0) is 18.2 Å². The zero-order valence-electron chi connectivity index (χ0n) is 17.1. The molecule has 31 heavy (non-hydrogen) atoms. The zero-order valence-corrected chi connectivity index (χ0v) is 19.4. The maximum atomic E-state index is 13.0. The van der Waals surface area contributed by atoms with E-state index in [0.29, 0.717) is 66.9 Å². The predicted molar refractivity (Wildman–Crippen MR) is 122 cm³/mol. The number of nitrogens with zero attached hydrogens (tertiary/aromatic N) is 3.